The number of halogens is 1. The van der Waals surface area contributed by atoms with Gasteiger partial charge in [0.2, 0.25) is 5.91 Å². The predicted molar refractivity (Wildman–Crippen MR) is 77.2 cm³/mol. The minimum atomic E-state index is -0.962. The first-order chi connectivity index (χ1) is 9.47. The number of aromatic carboxylic acids is 1. The molecule has 0 bridgehead atoms. The molecule has 2 rings (SSSR count). The van der Waals surface area contributed by atoms with Crippen molar-refractivity contribution in [3.8, 4) is 0 Å². The van der Waals surface area contributed by atoms with Crippen LogP contribution in [0.15, 0.2) is 18.2 Å². The van der Waals surface area contributed by atoms with Gasteiger partial charge in [0.15, 0.2) is 0 Å². The van der Waals surface area contributed by atoms with E-state index in [0.29, 0.717) is 30.2 Å². The van der Waals surface area contributed by atoms with Crippen molar-refractivity contribution in [3.05, 3.63) is 28.8 Å². The SMILES string of the molecule is NC(=O)CC1CCN(c2cc(Cl)ccc2C(=O)O)CC1. The maximum Gasteiger partial charge on any atom is 0.337 e. The van der Waals surface area contributed by atoms with Gasteiger partial charge in [-0.2, -0.15) is 0 Å². The van der Waals surface area contributed by atoms with Crippen molar-refractivity contribution < 1.29 is 14.7 Å². The molecule has 0 spiro atoms. The number of carboxylic acid groups (broad SMARTS) is 1. The van der Waals surface area contributed by atoms with E-state index in [1.807, 2.05) is 4.90 Å². The minimum Gasteiger partial charge on any atom is -0.478 e. The lowest BCUT2D eigenvalue weighted by Crippen LogP contribution is -2.35. The molecule has 1 aliphatic heterocycles. The molecule has 5 nitrogen and oxygen atoms in total. The fourth-order valence-corrected chi connectivity index (χ4v) is 2.78. The molecular weight excluding hydrogens is 280 g/mol. The van der Waals surface area contributed by atoms with Crippen LogP contribution in [0.2, 0.25) is 5.02 Å². The number of piperidine rings is 1. The average molecular weight is 297 g/mol. The summed E-state index contributed by atoms with van der Waals surface area (Å²) in [5.41, 5.74) is 6.10. The van der Waals surface area contributed by atoms with E-state index in [-0.39, 0.29) is 17.4 Å². The largest absolute Gasteiger partial charge is 0.478 e. The van der Waals surface area contributed by atoms with E-state index in [1.165, 1.54) is 6.07 Å². The summed E-state index contributed by atoms with van der Waals surface area (Å²) in [4.78, 5) is 24.2. The second kappa shape index (κ2) is 6.13. The zero-order valence-corrected chi connectivity index (χ0v) is 11.8. The van der Waals surface area contributed by atoms with E-state index in [0.717, 1.165) is 12.8 Å². The third-order valence-electron chi connectivity index (χ3n) is 3.64. The molecule has 0 radical (unpaired) electrons. The Morgan fingerprint density at radius 2 is 2.00 bits per heavy atom. The fourth-order valence-electron chi connectivity index (χ4n) is 2.61. The molecule has 0 atom stereocenters. The Bertz CT molecular complexity index is 525. The molecule has 1 heterocycles. The van der Waals surface area contributed by atoms with Gasteiger partial charge in [-0.15, -0.1) is 0 Å². The molecule has 3 N–H and O–H groups in total. The lowest BCUT2D eigenvalue weighted by atomic mass is 9.92. The van der Waals surface area contributed by atoms with Crippen LogP contribution in [-0.4, -0.2) is 30.1 Å². The molecule has 108 valence electrons. The Labute approximate surface area is 122 Å². The summed E-state index contributed by atoms with van der Waals surface area (Å²) in [7, 11) is 0. The van der Waals surface area contributed by atoms with Crippen LogP contribution in [0.1, 0.15) is 29.6 Å². The Balaban J connectivity index is 2.12. The summed E-state index contributed by atoms with van der Waals surface area (Å²) in [5, 5.41) is 9.75. The number of rotatable bonds is 4. The van der Waals surface area contributed by atoms with Crippen LogP contribution < -0.4 is 10.6 Å². The van der Waals surface area contributed by atoms with Crippen LogP contribution in [0.5, 0.6) is 0 Å². The summed E-state index contributed by atoms with van der Waals surface area (Å²) in [6.45, 7) is 1.41. The van der Waals surface area contributed by atoms with E-state index in [1.54, 1.807) is 12.1 Å². The number of nitrogens with zero attached hydrogens (tertiary/aromatic N) is 1. The van der Waals surface area contributed by atoms with Gasteiger partial charge < -0.3 is 15.7 Å². The molecule has 0 aromatic heterocycles. The van der Waals surface area contributed by atoms with E-state index in [9.17, 15) is 14.7 Å². The van der Waals surface area contributed by atoms with Crippen LogP contribution >= 0.6 is 11.6 Å². The topological polar surface area (TPSA) is 83.6 Å². The Morgan fingerprint density at radius 3 is 2.55 bits per heavy atom. The highest BCUT2D eigenvalue weighted by Crippen LogP contribution is 2.30. The van der Waals surface area contributed by atoms with Crippen LogP contribution in [0.3, 0.4) is 0 Å². The second-order valence-corrected chi connectivity index (χ2v) is 5.50. The fraction of sp³-hybridized carbons (Fsp3) is 0.429. The molecule has 1 aromatic rings. The Morgan fingerprint density at radius 1 is 1.35 bits per heavy atom. The monoisotopic (exact) mass is 296 g/mol. The molecule has 0 aliphatic carbocycles. The van der Waals surface area contributed by atoms with Crippen LogP contribution in [-0.2, 0) is 4.79 Å². The molecule has 0 saturated carbocycles. The predicted octanol–water partition coefficient (Wildman–Crippen LogP) is 2.13. The van der Waals surface area contributed by atoms with Crippen molar-refractivity contribution in [2.24, 2.45) is 11.7 Å². The van der Waals surface area contributed by atoms with E-state index in [2.05, 4.69) is 0 Å². The van der Waals surface area contributed by atoms with Gasteiger partial charge in [0, 0.05) is 24.5 Å². The van der Waals surface area contributed by atoms with Crippen LogP contribution in [0.25, 0.3) is 0 Å². The second-order valence-electron chi connectivity index (χ2n) is 5.07. The van der Waals surface area contributed by atoms with Gasteiger partial charge in [-0.3, -0.25) is 4.79 Å². The van der Waals surface area contributed by atoms with Gasteiger partial charge in [0.1, 0.15) is 0 Å². The Kier molecular flexibility index (Phi) is 4.49. The van der Waals surface area contributed by atoms with Gasteiger partial charge in [-0.05, 0) is 37.0 Å². The summed E-state index contributed by atoms with van der Waals surface area (Å²) >= 11 is 5.96. The number of nitrogens with two attached hydrogens (primary N) is 1. The maximum absolute atomic E-state index is 11.3. The number of primary amides is 1. The molecule has 1 saturated heterocycles. The van der Waals surface area contributed by atoms with Crippen molar-refractivity contribution in [1.29, 1.82) is 0 Å². The van der Waals surface area contributed by atoms with Gasteiger partial charge in [-0.25, -0.2) is 4.79 Å². The normalized spacial score (nSPS) is 16.1. The van der Waals surface area contributed by atoms with Crippen molar-refractivity contribution in [1.82, 2.24) is 0 Å². The van der Waals surface area contributed by atoms with Crippen LogP contribution in [0, 0.1) is 5.92 Å². The van der Waals surface area contributed by atoms with Crippen molar-refractivity contribution in [2.45, 2.75) is 19.3 Å². The lowest BCUT2D eigenvalue weighted by molar-refractivity contribution is -0.119. The number of hydrogen-bond acceptors (Lipinski definition) is 3. The number of amides is 1. The zero-order chi connectivity index (χ0) is 14.7. The van der Waals surface area contributed by atoms with Crippen molar-refractivity contribution in [3.63, 3.8) is 0 Å². The maximum atomic E-state index is 11.3. The highest BCUT2D eigenvalue weighted by molar-refractivity contribution is 6.31. The summed E-state index contributed by atoms with van der Waals surface area (Å²) in [5.74, 6) is -0.954. The molecule has 1 aromatic carbocycles. The van der Waals surface area contributed by atoms with Crippen LogP contribution in [0.4, 0.5) is 5.69 Å². The summed E-state index contributed by atoms with van der Waals surface area (Å²) < 4.78 is 0. The van der Waals surface area contributed by atoms with E-state index >= 15 is 0 Å². The van der Waals surface area contributed by atoms with E-state index in [4.69, 9.17) is 17.3 Å². The van der Waals surface area contributed by atoms with E-state index < -0.39 is 5.97 Å². The van der Waals surface area contributed by atoms with Gasteiger partial charge in [0.25, 0.3) is 0 Å². The highest BCUT2D eigenvalue weighted by atomic mass is 35.5. The molecule has 1 fully saturated rings. The third-order valence-corrected chi connectivity index (χ3v) is 3.87. The van der Waals surface area contributed by atoms with Gasteiger partial charge in [-0.1, -0.05) is 11.6 Å². The molecule has 6 heteroatoms. The average Bonchev–Trinajstić information content (AvgIpc) is 2.38. The number of carbonyl (C=O) groups excluding carboxylic acids is 1. The third kappa shape index (κ3) is 3.42. The first-order valence-corrected chi connectivity index (χ1v) is 6.91. The molecule has 1 aliphatic rings. The summed E-state index contributed by atoms with van der Waals surface area (Å²) in [6.07, 6.45) is 2.05. The first kappa shape index (κ1) is 14.7. The van der Waals surface area contributed by atoms with Crippen molar-refractivity contribution in [2.75, 3.05) is 18.0 Å². The Hall–Kier alpha value is -1.75. The highest BCUT2D eigenvalue weighted by Gasteiger charge is 2.23. The van der Waals surface area contributed by atoms with Gasteiger partial charge >= 0.3 is 5.97 Å². The summed E-state index contributed by atoms with van der Waals surface area (Å²) in [6, 6.07) is 4.78. The quantitative estimate of drug-likeness (QED) is 0.891. The van der Waals surface area contributed by atoms with Crippen molar-refractivity contribution >= 4 is 29.2 Å². The smallest absolute Gasteiger partial charge is 0.337 e. The minimum absolute atomic E-state index is 0.253. The van der Waals surface area contributed by atoms with Gasteiger partial charge in [0.05, 0.1) is 11.3 Å². The number of carbonyl (C=O) groups is 2. The molecule has 0 unspecified atom stereocenters. The molecular formula is C14H17ClN2O3. The number of carboxylic acids is 1. The lowest BCUT2D eigenvalue weighted by Gasteiger charge is -2.34. The number of benzene rings is 1. The standard InChI is InChI=1S/C14H17ClN2O3/c15-10-1-2-11(14(19)20)12(8-10)17-5-3-9(4-6-17)7-13(16)18/h1-2,8-9H,3-7H2,(H2,16,18)(H,19,20). The number of hydrogen-bond donors (Lipinski definition) is 2. The first-order valence-electron chi connectivity index (χ1n) is 6.53. The zero-order valence-electron chi connectivity index (χ0n) is 11.0. The molecule has 1 amide bonds. The molecule has 20 heavy (non-hydrogen) atoms. The number of anilines is 1.